The molecule has 0 aliphatic carbocycles. The Morgan fingerprint density at radius 1 is 1.43 bits per heavy atom. The van der Waals surface area contributed by atoms with Crippen molar-refractivity contribution in [3.8, 4) is 0 Å². The number of hydrogen-bond acceptors (Lipinski definition) is 4. The fourth-order valence-electron chi connectivity index (χ4n) is 2.14. The first-order valence-corrected chi connectivity index (χ1v) is 7.07. The van der Waals surface area contributed by atoms with E-state index in [0.29, 0.717) is 12.1 Å². The minimum absolute atomic E-state index is 0.0164. The van der Waals surface area contributed by atoms with Crippen LogP contribution in [0.2, 0.25) is 0 Å². The zero-order valence-electron chi connectivity index (χ0n) is 12.6. The fourth-order valence-corrected chi connectivity index (χ4v) is 2.14. The number of imidazole rings is 1. The van der Waals surface area contributed by atoms with Crippen molar-refractivity contribution in [2.75, 3.05) is 11.9 Å². The molecule has 2 aromatic rings. The summed E-state index contributed by atoms with van der Waals surface area (Å²) in [6.07, 6.45) is 5.34. The third-order valence-corrected chi connectivity index (χ3v) is 2.99. The number of nitrogens with zero attached hydrogens (tertiary/aromatic N) is 3. The molecular weight excluding hydrogens is 266 g/mol. The van der Waals surface area contributed by atoms with E-state index in [-0.39, 0.29) is 11.9 Å². The molecule has 0 aliphatic rings. The highest BCUT2D eigenvalue weighted by atomic mass is 16.1. The second-order valence-corrected chi connectivity index (χ2v) is 5.05. The van der Waals surface area contributed by atoms with Crippen molar-refractivity contribution in [1.82, 2.24) is 19.9 Å². The topological polar surface area (TPSA) is 71.8 Å². The molecule has 0 aromatic carbocycles. The van der Waals surface area contributed by atoms with E-state index in [1.54, 1.807) is 24.7 Å². The van der Waals surface area contributed by atoms with Gasteiger partial charge in [0.15, 0.2) is 0 Å². The van der Waals surface area contributed by atoms with Crippen LogP contribution in [0.15, 0.2) is 30.9 Å². The predicted octanol–water partition coefficient (Wildman–Crippen LogP) is 1.84. The predicted molar refractivity (Wildman–Crippen MR) is 82.3 cm³/mol. The molecule has 0 radical (unpaired) electrons. The molecule has 1 unspecified atom stereocenters. The summed E-state index contributed by atoms with van der Waals surface area (Å²) in [5.41, 5.74) is 1.44. The number of aryl methyl sites for hydroxylation is 1. The maximum Gasteiger partial charge on any atom is 0.251 e. The summed E-state index contributed by atoms with van der Waals surface area (Å²) >= 11 is 0. The molecule has 2 aromatic heterocycles. The van der Waals surface area contributed by atoms with Crippen LogP contribution in [0.3, 0.4) is 0 Å². The van der Waals surface area contributed by atoms with E-state index < -0.39 is 0 Å². The highest BCUT2D eigenvalue weighted by Gasteiger charge is 2.12. The van der Waals surface area contributed by atoms with Crippen molar-refractivity contribution in [3.63, 3.8) is 0 Å². The van der Waals surface area contributed by atoms with Gasteiger partial charge in [0.05, 0.1) is 6.33 Å². The Labute approximate surface area is 124 Å². The molecule has 1 atom stereocenters. The molecule has 2 N–H and O–H groups in total. The number of hydrogen-bond donors (Lipinski definition) is 2. The van der Waals surface area contributed by atoms with Gasteiger partial charge in [-0.05, 0) is 32.9 Å². The normalized spacial score (nSPS) is 12.0. The van der Waals surface area contributed by atoms with E-state index in [2.05, 4.69) is 20.6 Å². The second kappa shape index (κ2) is 6.88. The van der Waals surface area contributed by atoms with Crippen molar-refractivity contribution in [3.05, 3.63) is 42.1 Å². The van der Waals surface area contributed by atoms with Crippen molar-refractivity contribution in [2.45, 2.75) is 33.4 Å². The van der Waals surface area contributed by atoms with E-state index in [0.717, 1.165) is 18.1 Å². The first kappa shape index (κ1) is 15.0. The Balaban J connectivity index is 2.02. The van der Waals surface area contributed by atoms with Crippen molar-refractivity contribution in [2.24, 2.45) is 0 Å². The first-order valence-electron chi connectivity index (χ1n) is 7.07. The summed E-state index contributed by atoms with van der Waals surface area (Å²) in [5.74, 6) is 0.636. The molecule has 6 heteroatoms. The quantitative estimate of drug-likeness (QED) is 0.850. The van der Waals surface area contributed by atoms with Crippen molar-refractivity contribution >= 4 is 11.7 Å². The van der Waals surface area contributed by atoms with Gasteiger partial charge in [-0.25, -0.2) is 9.97 Å². The molecule has 0 saturated carbocycles. The number of nitrogens with one attached hydrogen (secondary N) is 2. The number of carbonyl (C=O) groups excluding carboxylic acids is 1. The Kier molecular flexibility index (Phi) is 4.92. The van der Waals surface area contributed by atoms with Gasteiger partial charge in [0.1, 0.15) is 5.82 Å². The van der Waals surface area contributed by atoms with Crippen LogP contribution in [0.5, 0.6) is 0 Å². The Morgan fingerprint density at radius 3 is 2.90 bits per heavy atom. The highest BCUT2D eigenvalue weighted by Crippen LogP contribution is 2.10. The number of amides is 1. The van der Waals surface area contributed by atoms with E-state index in [1.807, 2.05) is 31.5 Å². The highest BCUT2D eigenvalue weighted by molar-refractivity contribution is 5.95. The molecule has 0 saturated heterocycles. The van der Waals surface area contributed by atoms with Crippen molar-refractivity contribution in [1.29, 1.82) is 0 Å². The monoisotopic (exact) mass is 287 g/mol. The van der Waals surface area contributed by atoms with Gasteiger partial charge in [-0.1, -0.05) is 0 Å². The standard InChI is InChI=1S/C15H21N5O/c1-4-17-14-8-13(7-11(2)18-14)15(21)19-12(3)9-20-6-5-16-10-20/h5-8,10,12H,4,9H2,1-3H3,(H,17,18)(H,19,21). The van der Waals surface area contributed by atoms with Crippen LogP contribution in [0.25, 0.3) is 0 Å². The molecule has 0 bridgehead atoms. The maximum absolute atomic E-state index is 12.3. The number of carbonyl (C=O) groups is 1. The largest absolute Gasteiger partial charge is 0.370 e. The van der Waals surface area contributed by atoms with Crippen LogP contribution in [0.4, 0.5) is 5.82 Å². The number of pyridine rings is 1. The average molecular weight is 287 g/mol. The molecule has 2 heterocycles. The Hall–Kier alpha value is -2.37. The Bertz CT molecular complexity index is 594. The van der Waals surface area contributed by atoms with E-state index >= 15 is 0 Å². The summed E-state index contributed by atoms with van der Waals surface area (Å²) in [6, 6.07) is 3.58. The first-order chi connectivity index (χ1) is 10.1. The SMILES string of the molecule is CCNc1cc(C(=O)NC(C)Cn2ccnc2)cc(C)n1. The zero-order valence-corrected chi connectivity index (χ0v) is 12.6. The molecule has 6 nitrogen and oxygen atoms in total. The molecular formula is C15H21N5O. The van der Waals surface area contributed by atoms with Gasteiger partial charge in [-0.2, -0.15) is 0 Å². The molecule has 1 amide bonds. The number of aromatic nitrogens is 3. The zero-order chi connectivity index (χ0) is 15.2. The van der Waals surface area contributed by atoms with E-state index in [9.17, 15) is 4.79 Å². The van der Waals surface area contributed by atoms with Crippen LogP contribution in [0.1, 0.15) is 29.9 Å². The minimum Gasteiger partial charge on any atom is -0.370 e. The van der Waals surface area contributed by atoms with E-state index in [4.69, 9.17) is 0 Å². The second-order valence-electron chi connectivity index (χ2n) is 5.05. The molecule has 2 rings (SSSR count). The van der Waals surface area contributed by atoms with Crippen LogP contribution in [-0.2, 0) is 6.54 Å². The average Bonchev–Trinajstić information content (AvgIpc) is 2.91. The van der Waals surface area contributed by atoms with Crippen LogP contribution in [0, 0.1) is 6.92 Å². The lowest BCUT2D eigenvalue weighted by atomic mass is 10.2. The Morgan fingerprint density at radius 2 is 2.24 bits per heavy atom. The van der Waals surface area contributed by atoms with Gasteiger partial charge in [0.2, 0.25) is 0 Å². The van der Waals surface area contributed by atoms with E-state index in [1.165, 1.54) is 0 Å². The fraction of sp³-hybridized carbons (Fsp3) is 0.400. The van der Waals surface area contributed by atoms with Crippen molar-refractivity contribution < 1.29 is 4.79 Å². The summed E-state index contributed by atoms with van der Waals surface area (Å²) < 4.78 is 1.94. The third-order valence-electron chi connectivity index (χ3n) is 2.99. The lowest BCUT2D eigenvalue weighted by Crippen LogP contribution is -2.35. The van der Waals surface area contributed by atoms with Crippen LogP contribution < -0.4 is 10.6 Å². The summed E-state index contributed by atoms with van der Waals surface area (Å²) in [5, 5.41) is 6.12. The van der Waals surface area contributed by atoms with Gasteiger partial charge in [0.25, 0.3) is 5.91 Å². The van der Waals surface area contributed by atoms with Gasteiger partial charge in [0, 0.05) is 42.8 Å². The van der Waals surface area contributed by atoms with Crippen LogP contribution >= 0.6 is 0 Å². The van der Waals surface area contributed by atoms with Gasteiger partial charge in [-0.3, -0.25) is 4.79 Å². The molecule has 0 aliphatic heterocycles. The number of anilines is 1. The molecule has 0 spiro atoms. The lowest BCUT2D eigenvalue weighted by molar-refractivity contribution is 0.0936. The van der Waals surface area contributed by atoms with Gasteiger partial charge >= 0.3 is 0 Å². The molecule has 112 valence electrons. The van der Waals surface area contributed by atoms with Crippen LogP contribution in [-0.4, -0.2) is 33.0 Å². The summed E-state index contributed by atoms with van der Waals surface area (Å²) in [6.45, 7) is 7.31. The molecule has 0 fully saturated rings. The maximum atomic E-state index is 12.3. The minimum atomic E-state index is -0.0905. The summed E-state index contributed by atoms with van der Waals surface area (Å²) in [4.78, 5) is 20.6. The number of rotatable bonds is 6. The van der Waals surface area contributed by atoms with Gasteiger partial charge in [-0.15, -0.1) is 0 Å². The van der Waals surface area contributed by atoms with Gasteiger partial charge < -0.3 is 15.2 Å². The third kappa shape index (κ3) is 4.30. The smallest absolute Gasteiger partial charge is 0.251 e. The lowest BCUT2D eigenvalue weighted by Gasteiger charge is -2.15. The summed E-state index contributed by atoms with van der Waals surface area (Å²) in [7, 11) is 0. The molecule has 21 heavy (non-hydrogen) atoms.